The maximum absolute atomic E-state index is 12.8. The van der Waals surface area contributed by atoms with E-state index in [0.717, 1.165) is 44.8 Å². The number of halogens is 1. The lowest BCUT2D eigenvalue weighted by atomic mass is 10.0. The molecule has 2 heterocycles. The monoisotopic (exact) mass is 520 g/mol. The predicted molar refractivity (Wildman–Crippen MR) is 147 cm³/mol. The molecule has 9 heteroatoms. The fourth-order valence-electron chi connectivity index (χ4n) is 4.51. The summed E-state index contributed by atoms with van der Waals surface area (Å²) in [6, 6.07) is 13.8. The van der Waals surface area contributed by atoms with Crippen molar-refractivity contribution in [2.45, 2.75) is 25.7 Å². The van der Waals surface area contributed by atoms with Crippen molar-refractivity contribution in [3.05, 3.63) is 70.4 Å². The zero-order valence-corrected chi connectivity index (χ0v) is 21.9. The topological polar surface area (TPSA) is 91.4 Å². The Morgan fingerprint density at radius 3 is 2.73 bits per heavy atom. The van der Waals surface area contributed by atoms with Gasteiger partial charge >= 0.3 is 0 Å². The van der Waals surface area contributed by atoms with Gasteiger partial charge in [0.1, 0.15) is 5.02 Å². The smallest absolute Gasteiger partial charge is 0.253 e. The molecule has 0 radical (unpaired) electrons. The number of aromatic nitrogens is 2. The third kappa shape index (κ3) is 6.77. The highest BCUT2D eigenvalue weighted by Gasteiger charge is 2.22. The Morgan fingerprint density at radius 2 is 1.92 bits per heavy atom. The van der Waals surface area contributed by atoms with Gasteiger partial charge in [0, 0.05) is 39.0 Å². The van der Waals surface area contributed by atoms with Crippen LogP contribution in [0.25, 0.3) is 0 Å². The highest BCUT2D eigenvalue weighted by molar-refractivity contribution is 6.33. The highest BCUT2D eigenvalue weighted by atomic mass is 35.5. The Labute approximate surface area is 222 Å². The first-order valence-electron chi connectivity index (χ1n) is 12.9. The van der Waals surface area contributed by atoms with Gasteiger partial charge < -0.3 is 25.6 Å². The summed E-state index contributed by atoms with van der Waals surface area (Å²) in [6.45, 7) is 4.47. The minimum atomic E-state index is -0.107. The maximum Gasteiger partial charge on any atom is 0.253 e. The van der Waals surface area contributed by atoms with Crippen molar-refractivity contribution in [2.24, 2.45) is 5.92 Å². The van der Waals surface area contributed by atoms with Crippen LogP contribution in [0.1, 0.15) is 34.3 Å². The van der Waals surface area contributed by atoms with Crippen LogP contribution in [-0.4, -0.2) is 60.7 Å². The van der Waals surface area contributed by atoms with E-state index in [0.29, 0.717) is 40.5 Å². The second-order valence-corrected chi connectivity index (χ2v) is 10.1. The van der Waals surface area contributed by atoms with Gasteiger partial charge in [0.25, 0.3) is 5.91 Å². The Hall–Kier alpha value is -3.20. The molecule has 1 aliphatic heterocycles. The average Bonchev–Trinajstić information content (AvgIpc) is 3.76. The molecule has 8 nitrogen and oxygen atoms in total. The number of hydrogen-bond donors (Lipinski definition) is 3. The summed E-state index contributed by atoms with van der Waals surface area (Å²) in [6.07, 6.45) is 5.94. The first-order valence-corrected chi connectivity index (χ1v) is 13.2. The Bertz CT molecular complexity index is 1250. The van der Waals surface area contributed by atoms with Crippen molar-refractivity contribution in [1.82, 2.24) is 20.2 Å². The number of benzene rings is 2. The third-order valence-corrected chi connectivity index (χ3v) is 7.16. The lowest BCUT2D eigenvalue weighted by Gasteiger charge is -2.18. The number of para-hydroxylation sites is 1. The first kappa shape index (κ1) is 25.4. The number of ether oxygens (including phenoxy) is 1. The summed E-state index contributed by atoms with van der Waals surface area (Å²) >= 11 is 6.43. The zero-order valence-electron chi connectivity index (χ0n) is 21.1. The summed E-state index contributed by atoms with van der Waals surface area (Å²) < 4.78 is 5.24. The van der Waals surface area contributed by atoms with Gasteiger partial charge in [-0.2, -0.15) is 4.98 Å². The van der Waals surface area contributed by atoms with Crippen LogP contribution in [-0.2, 0) is 17.6 Å². The summed E-state index contributed by atoms with van der Waals surface area (Å²) in [4.78, 5) is 24.2. The van der Waals surface area contributed by atoms with Crippen LogP contribution >= 0.6 is 11.6 Å². The lowest BCUT2D eigenvalue weighted by Crippen LogP contribution is -2.29. The molecule has 0 atom stereocenters. The van der Waals surface area contributed by atoms with Crippen LogP contribution in [0.15, 0.2) is 48.7 Å². The molecule has 2 aromatic carbocycles. The van der Waals surface area contributed by atoms with E-state index < -0.39 is 0 Å². The minimum absolute atomic E-state index is 0.107. The van der Waals surface area contributed by atoms with Gasteiger partial charge in [0.2, 0.25) is 5.95 Å². The SMILES string of the molecule is COCCN1CCc2ccc(Nc3ncc(Cl)c(Nc4ccccc4C(=O)NCC4CC4)n3)cc2CC1. The summed E-state index contributed by atoms with van der Waals surface area (Å²) in [5.74, 6) is 1.36. The Kier molecular flexibility index (Phi) is 8.18. The molecule has 1 saturated carbocycles. The number of nitrogens with one attached hydrogen (secondary N) is 3. The lowest BCUT2D eigenvalue weighted by molar-refractivity contribution is 0.0952. The van der Waals surface area contributed by atoms with Crippen LogP contribution in [0, 0.1) is 5.92 Å². The van der Waals surface area contributed by atoms with Crippen LogP contribution in [0.4, 0.5) is 23.1 Å². The summed E-state index contributed by atoms with van der Waals surface area (Å²) in [5, 5.41) is 9.94. The van der Waals surface area contributed by atoms with Crippen LogP contribution < -0.4 is 16.0 Å². The molecule has 5 rings (SSSR count). The van der Waals surface area contributed by atoms with Crippen molar-refractivity contribution in [3.63, 3.8) is 0 Å². The Balaban J connectivity index is 1.28. The number of methoxy groups -OCH3 is 1. The van der Waals surface area contributed by atoms with E-state index in [9.17, 15) is 4.79 Å². The molecular formula is C28H33ClN6O2. The molecule has 3 aromatic rings. The molecule has 2 aliphatic rings. The number of anilines is 4. The second kappa shape index (κ2) is 11.9. The van der Waals surface area contributed by atoms with Crippen molar-refractivity contribution in [2.75, 3.05) is 50.5 Å². The van der Waals surface area contributed by atoms with Gasteiger partial charge in [-0.25, -0.2) is 4.98 Å². The molecule has 1 aromatic heterocycles. The molecular weight excluding hydrogens is 488 g/mol. The van der Waals surface area contributed by atoms with E-state index in [1.54, 1.807) is 19.4 Å². The third-order valence-electron chi connectivity index (χ3n) is 6.89. The normalized spacial score (nSPS) is 15.5. The maximum atomic E-state index is 12.8. The largest absolute Gasteiger partial charge is 0.383 e. The fourth-order valence-corrected chi connectivity index (χ4v) is 4.65. The first-order chi connectivity index (χ1) is 18.1. The molecule has 0 saturated heterocycles. The van der Waals surface area contributed by atoms with E-state index in [-0.39, 0.29) is 5.91 Å². The van der Waals surface area contributed by atoms with Gasteiger partial charge in [0.05, 0.1) is 24.1 Å². The fraction of sp³-hybridized carbons (Fsp3) is 0.393. The minimum Gasteiger partial charge on any atom is -0.383 e. The molecule has 1 fully saturated rings. The van der Waals surface area contributed by atoms with E-state index in [2.05, 4.69) is 49.0 Å². The number of fused-ring (bicyclic) bond motifs is 1. The quantitative estimate of drug-likeness (QED) is 0.353. The van der Waals surface area contributed by atoms with Crippen molar-refractivity contribution in [1.29, 1.82) is 0 Å². The number of carbonyl (C=O) groups is 1. The molecule has 0 bridgehead atoms. The van der Waals surface area contributed by atoms with Crippen molar-refractivity contribution >= 4 is 40.6 Å². The van der Waals surface area contributed by atoms with Gasteiger partial charge in [-0.3, -0.25) is 4.79 Å². The molecule has 0 unspecified atom stereocenters. The van der Waals surface area contributed by atoms with E-state index in [1.807, 2.05) is 18.2 Å². The zero-order chi connectivity index (χ0) is 25.6. The molecule has 1 amide bonds. The van der Waals surface area contributed by atoms with E-state index >= 15 is 0 Å². The van der Waals surface area contributed by atoms with E-state index in [4.69, 9.17) is 16.3 Å². The average molecular weight is 521 g/mol. The summed E-state index contributed by atoms with van der Waals surface area (Å²) in [7, 11) is 1.75. The number of hydrogen-bond acceptors (Lipinski definition) is 7. The number of amides is 1. The highest BCUT2D eigenvalue weighted by Crippen LogP contribution is 2.29. The van der Waals surface area contributed by atoms with Gasteiger partial charge in [-0.05, 0) is 67.0 Å². The standard InChI is InChI=1S/C28H33ClN6O2/c1-37-15-14-35-12-10-20-8-9-22(16-21(20)11-13-35)32-28-31-18-24(29)26(34-28)33-25-5-3-2-4-23(25)27(36)30-17-19-6-7-19/h2-5,8-9,16,18-19H,6-7,10-15,17H2,1H3,(H,30,36)(H2,31,32,33,34). The van der Waals surface area contributed by atoms with E-state index in [1.165, 1.54) is 24.0 Å². The van der Waals surface area contributed by atoms with Crippen LogP contribution in [0.2, 0.25) is 5.02 Å². The van der Waals surface area contributed by atoms with Gasteiger partial charge in [-0.1, -0.05) is 29.8 Å². The summed E-state index contributed by atoms with van der Waals surface area (Å²) in [5.41, 5.74) is 4.84. The van der Waals surface area contributed by atoms with Gasteiger partial charge in [-0.15, -0.1) is 0 Å². The molecule has 0 spiro atoms. The number of nitrogens with zero attached hydrogens (tertiary/aromatic N) is 3. The molecule has 194 valence electrons. The number of carbonyl (C=O) groups excluding carboxylic acids is 1. The Morgan fingerprint density at radius 1 is 1.11 bits per heavy atom. The molecule has 1 aliphatic carbocycles. The molecule has 3 N–H and O–H groups in total. The number of rotatable bonds is 10. The van der Waals surface area contributed by atoms with Crippen LogP contribution in [0.5, 0.6) is 0 Å². The second-order valence-electron chi connectivity index (χ2n) is 9.66. The predicted octanol–water partition coefficient (Wildman–Crippen LogP) is 4.80. The van der Waals surface area contributed by atoms with Gasteiger partial charge in [0.15, 0.2) is 5.82 Å². The molecule has 37 heavy (non-hydrogen) atoms. The van der Waals surface area contributed by atoms with Crippen LogP contribution in [0.3, 0.4) is 0 Å². The van der Waals surface area contributed by atoms with Crippen molar-refractivity contribution < 1.29 is 9.53 Å². The van der Waals surface area contributed by atoms with Crippen molar-refractivity contribution in [3.8, 4) is 0 Å².